The molecule has 0 bridgehead atoms. The number of piperidine rings is 1. The monoisotopic (exact) mass is 253 g/mol. The maximum atomic E-state index is 12.2. The lowest BCUT2D eigenvalue weighted by atomic mass is 9.87. The molecule has 1 atom stereocenters. The van der Waals surface area contributed by atoms with Crippen LogP contribution in [0.5, 0.6) is 0 Å². The minimum Gasteiger partial charge on any atom is -0.338 e. The molecule has 18 heavy (non-hydrogen) atoms. The molecule has 2 fully saturated rings. The summed E-state index contributed by atoms with van der Waals surface area (Å²) in [5.74, 6) is 0.701. The Morgan fingerprint density at radius 1 is 1.22 bits per heavy atom. The van der Waals surface area contributed by atoms with Gasteiger partial charge in [0.25, 0.3) is 0 Å². The average molecular weight is 253 g/mol. The third-order valence-corrected chi connectivity index (χ3v) is 4.32. The Morgan fingerprint density at radius 3 is 2.72 bits per heavy atom. The molecule has 104 valence electrons. The van der Waals surface area contributed by atoms with E-state index in [1.54, 1.807) is 0 Å². The summed E-state index contributed by atoms with van der Waals surface area (Å²) in [4.78, 5) is 14.3. The number of urea groups is 1. The van der Waals surface area contributed by atoms with Gasteiger partial charge in [0.05, 0.1) is 0 Å². The van der Waals surface area contributed by atoms with Gasteiger partial charge in [0.2, 0.25) is 0 Å². The summed E-state index contributed by atoms with van der Waals surface area (Å²) in [6.45, 7) is 5.90. The van der Waals surface area contributed by atoms with Crippen molar-refractivity contribution in [2.75, 3.05) is 26.2 Å². The van der Waals surface area contributed by atoms with Gasteiger partial charge in [-0.1, -0.05) is 12.8 Å². The highest BCUT2D eigenvalue weighted by molar-refractivity contribution is 5.74. The quantitative estimate of drug-likeness (QED) is 0.790. The van der Waals surface area contributed by atoms with Crippen molar-refractivity contribution < 1.29 is 4.79 Å². The van der Waals surface area contributed by atoms with E-state index in [1.807, 2.05) is 6.92 Å². The maximum Gasteiger partial charge on any atom is 0.317 e. The summed E-state index contributed by atoms with van der Waals surface area (Å²) in [7, 11) is 0. The molecular formula is C14H27N3O. The van der Waals surface area contributed by atoms with E-state index < -0.39 is 0 Å². The summed E-state index contributed by atoms with van der Waals surface area (Å²) in [5.41, 5.74) is 0. The number of hydrogen-bond acceptors (Lipinski definition) is 2. The van der Waals surface area contributed by atoms with E-state index in [0.717, 1.165) is 26.2 Å². The number of hydrogen-bond donors (Lipinski definition) is 2. The van der Waals surface area contributed by atoms with Crippen LogP contribution in [-0.2, 0) is 0 Å². The lowest BCUT2D eigenvalue weighted by Crippen LogP contribution is -2.50. The second-order valence-corrected chi connectivity index (χ2v) is 5.53. The minimum atomic E-state index is 0.155. The highest BCUT2D eigenvalue weighted by Crippen LogP contribution is 2.28. The van der Waals surface area contributed by atoms with E-state index >= 15 is 0 Å². The zero-order chi connectivity index (χ0) is 12.8. The van der Waals surface area contributed by atoms with E-state index in [4.69, 9.17) is 0 Å². The molecule has 0 spiro atoms. The van der Waals surface area contributed by atoms with Gasteiger partial charge in [-0.2, -0.15) is 0 Å². The van der Waals surface area contributed by atoms with E-state index in [9.17, 15) is 4.79 Å². The second-order valence-electron chi connectivity index (χ2n) is 5.53. The fraction of sp³-hybridized carbons (Fsp3) is 0.929. The third kappa shape index (κ3) is 3.37. The number of likely N-dealkylation sites (tertiary alicyclic amines) is 1. The van der Waals surface area contributed by atoms with Gasteiger partial charge >= 0.3 is 6.03 Å². The largest absolute Gasteiger partial charge is 0.338 e. The molecule has 2 rings (SSSR count). The van der Waals surface area contributed by atoms with Crippen LogP contribution in [0, 0.1) is 5.92 Å². The van der Waals surface area contributed by atoms with Crippen LogP contribution in [0.3, 0.4) is 0 Å². The molecule has 1 unspecified atom stereocenters. The molecule has 0 aromatic rings. The highest BCUT2D eigenvalue weighted by atomic mass is 16.2. The SMILES string of the molecule is CCNC(=O)N1CCCCCC1C1CCNCC1. The first-order valence-corrected chi connectivity index (χ1v) is 7.58. The summed E-state index contributed by atoms with van der Waals surface area (Å²) >= 11 is 0. The van der Waals surface area contributed by atoms with Crippen molar-refractivity contribution in [2.45, 2.75) is 51.5 Å². The van der Waals surface area contributed by atoms with Crippen molar-refractivity contribution in [1.82, 2.24) is 15.5 Å². The Morgan fingerprint density at radius 2 is 2.00 bits per heavy atom. The first-order valence-electron chi connectivity index (χ1n) is 7.58. The van der Waals surface area contributed by atoms with E-state index in [1.165, 1.54) is 38.5 Å². The topological polar surface area (TPSA) is 44.4 Å². The maximum absolute atomic E-state index is 12.2. The predicted molar refractivity (Wildman–Crippen MR) is 73.6 cm³/mol. The van der Waals surface area contributed by atoms with Crippen LogP contribution in [-0.4, -0.2) is 43.2 Å². The van der Waals surface area contributed by atoms with Crippen molar-refractivity contribution in [3.8, 4) is 0 Å². The lowest BCUT2D eigenvalue weighted by molar-refractivity contribution is 0.134. The van der Waals surface area contributed by atoms with Crippen LogP contribution >= 0.6 is 0 Å². The first-order chi connectivity index (χ1) is 8.83. The first kappa shape index (κ1) is 13.7. The van der Waals surface area contributed by atoms with Crippen LogP contribution < -0.4 is 10.6 Å². The van der Waals surface area contributed by atoms with E-state index in [2.05, 4.69) is 15.5 Å². The molecule has 2 heterocycles. The van der Waals surface area contributed by atoms with Crippen LogP contribution in [0.25, 0.3) is 0 Å². The van der Waals surface area contributed by atoms with E-state index in [-0.39, 0.29) is 6.03 Å². The summed E-state index contributed by atoms with van der Waals surface area (Å²) < 4.78 is 0. The Balaban J connectivity index is 2.03. The summed E-state index contributed by atoms with van der Waals surface area (Å²) in [6.07, 6.45) is 7.36. The van der Waals surface area contributed by atoms with Crippen molar-refractivity contribution in [3.05, 3.63) is 0 Å². The normalized spacial score (nSPS) is 26.7. The number of amides is 2. The van der Waals surface area contributed by atoms with E-state index in [0.29, 0.717) is 12.0 Å². The van der Waals surface area contributed by atoms with Crippen molar-refractivity contribution in [3.63, 3.8) is 0 Å². The number of rotatable bonds is 2. The molecule has 2 aliphatic rings. The Kier molecular flexibility index (Phi) is 5.29. The Hall–Kier alpha value is -0.770. The van der Waals surface area contributed by atoms with Gasteiger partial charge < -0.3 is 15.5 Å². The minimum absolute atomic E-state index is 0.155. The zero-order valence-corrected chi connectivity index (χ0v) is 11.6. The molecule has 0 aliphatic carbocycles. The molecule has 0 aromatic heterocycles. The van der Waals surface area contributed by atoms with Gasteiger partial charge in [0.1, 0.15) is 0 Å². The standard InChI is InChI=1S/C14H27N3O/c1-2-16-14(18)17-11-5-3-4-6-13(17)12-7-9-15-10-8-12/h12-13,15H,2-11H2,1H3,(H,16,18). The molecule has 2 N–H and O–H groups in total. The van der Waals surface area contributed by atoms with Crippen LogP contribution in [0.2, 0.25) is 0 Å². The number of nitrogens with zero attached hydrogens (tertiary/aromatic N) is 1. The summed E-state index contributed by atoms with van der Waals surface area (Å²) in [5, 5.41) is 6.40. The zero-order valence-electron chi connectivity index (χ0n) is 11.6. The van der Waals surface area contributed by atoms with Crippen LogP contribution in [0.15, 0.2) is 0 Å². The number of nitrogens with one attached hydrogen (secondary N) is 2. The fourth-order valence-electron chi connectivity index (χ4n) is 3.36. The third-order valence-electron chi connectivity index (χ3n) is 4.32. The van der Waals surface area contributed by atoms with Crippen LogP contribution in [0.4, 0.5) is 4.79 Å². The number of carbonyl (C=O) groups excluding carboxylic acids is 1. The second kappa shape index (κ2) is 6.98. The molecule has 0 radical (unpaired) electrons. The van der Waals surface area contributed by atoms with Gasteiger partial charge in [-0.05, 0) is 51.6 Å². The molecule has 0 saturated carbocycles. The smallest absolute Gasteiger partial charge is 0.317 e. The lowest BCUT2D eigenvalue weighted by Gasteiger charge is -2.38. The highest BCUT2D eigenvalue weighted by Gasteiger charge is 2.32. The molecule has 4 nitrogen and oxygen atoms in total. The van der Waals surface area contributed by atoms with Crippen molar-refractivity contribution in [1.29, 1.82) is 0 Å². The molecular weight excluding hydrogens is 226 g/mol. The van der Waals surface area contributed by atoms with Gasteiger partial charge in [0.15, 0.2) is 0 Å². The molecule has 2 saturated heterocycles. The molecule has 2 amide bonds. The molecule has 2 aliphatic heterocycles. The van der Waals surface area contributed by atoms with Gasteiger partial charge in [-0.15, -0.1) is 0 Å². The van der Waals surface area contributed by atoms with Gasteiger partial charge in [-0.25, -0.2) is 4.79 Å². The van der Waals surface area contributed by atoms with Gasteiger partial charge in [-0.3, -0.25) is 0 Å². The van der Waals surface area contributed by atoms with Crippen LogP contribution in [0.1, 0.15) is 45.4 Å². The summed E-state index contributed by atoms with van der Waals surface area (Å²) in [6, 6.07) is 0.629. The Labute approximate surface area is 110 Å². The average Bonchev–Trinajstić information content (AvgIpc) is 2.65. The fourth-order valence-corrected chi connectivity index (χ4v) is 3.36. The molecule has 0 aromatic carbocycles. The van der Waals surface area contributed by atoms with Gasteiger partial charge in [0, 0.05) is 19.1 Å². The Bertz CT molecular complexity index is 264. The van der Waals surface area contributed by atoms with Crippen molar-refractivity contribution in [2.24, 2.45) is 5.92 Å². The molecule has 4 heteroatoms. The number of carbonyl (C=O) groups is 1. The van der Waals surface area contributed by atoms with Crippen molar-refractivity contribution >= 4 is 6.03 Å². The predicted octanol–water partition coefficient (Wildman–Crippen LogP) is 1.96.